The van der Waals surface area contributed by atoms with Gasteiger partial charge in [0.05, 0.1) is 0 Å². The monoisotopic (exact) mass is 380 g/mol. The van der Waals surface area contributed by atoms with Crippen molar-refractivity contribution < 1.29 is 4.74 Å². The molecule has 1 rings (SSSR count). The molecule has 0 fully saturated rings. The van der Waals surface area contributed by atoms with Gasteiger partial charge in [-0.25, -0.2) is 4.99 Å². The number of aromatic nitrogens is 3. The second kappa shape index (κ2) is 15.4. The molecule has 0 spiro atoms. The molecule has 0 aliphatic heterocycles. The fourth-order valence-corrected chi connectivity index (χ4v) is 2.80. The minimum absolute atomic E-state index is 0.522. The highest BCUT2D eigenvalue weighted by molar-refractivity contribution is 5.79. The van der Waals surface area contributed by atoms with Gasteiger partial charge in [-0.2, -0.15) is 0 Å². The Bertz CT molecular complexity index is 515. The number of guanidine groups is 1. The first-order valence-corrected chi connectivity index (χ1v) is 10.5. The fraction of sp³-hybridized carbons (Fsp3) is 0.850. The average molecular weight is 381 g/mol. The molecule has 0 saturated carbocycles. The number of nitrogens with zero attached hydrogens (tertiary/aromatic N) is 4. The summed E-state index contributed by atoms with van der Waals surface area (Å²) in [6.45, 7) is 7.28. The van der Waals surface area contributed by atoms with E-state index in [9.17, 15) is 0 Å². The van der Waals surface area contributed by atoms with Crippen LogP contribution in [0.4, 0.5) is 0 Å². The van der Waals surface area contributed by atoms with Crippen LogP contribution in [0.15, 0.2) is 4.99 Å². The molecule has 0 radical (unpaired) electrons. The summed E-state index contributed by atoms with van der Waals surface area (Å²) >= 11 is 0. The minimum atomic E-state index is 0.522. The third-order valence-electron chi connectivity index (χ3n) is 4.70. The van der Waals surface area contributed by atoms with Crippen molar-refractivity contribution in [1.29, 1.82) is 0 Å². The summed E-state index contributed by atoms with van der Waals surface area (Å²) in [5.41, 5.74) is 0. The van der Waals surface area contributed by atoms with Crippen LogP contribution in [0, 0.1) is 6.92 Å². The fourth-order valence-electron chi connectivity index (χ4n) is 2.80. The Labute approximate surface area is 165 Å². The summed E-state index contributed by atoms with van der Waals surface area (Å²) in [4.78, 5) is 4.66. The van der Waals surface area contributed by atoms with E-state index < -0.39 is 0 Å². The smallest absolute Gasteiger partial charge is 0.191 e. The van der Waals surface area contributed by atoms with Crippen LogP contribution < -0.4 is 10.6 Å². The van der Waals surface area contributed by atoms with Gasteiger partial charge in [0.25, 0.3) is 0 Å². The Kier molecular flexibility index (Phi) is 13.4. The predicted octanol–water partition coefficient (Wildman–Crippen LogP) is 3.34. The number of nitrogens with one attached hydrogen (secondary N) is 2. The maximum Gasteiger partial charge on any atom is 0.191 e. The van der Waals surface area contributed by atoms with Crippen LogP contribution in [0.25, 0.3) is 0 Å². The summed E-state index contributed by atoms with van der Waals surface area (Å²) in [5, 5.41) is 15.1. The number of hydrogen-bond donors (Lipinski definition) is 2. The molecule has 0 aliphatic carbocycles. The number of methoxy groups -OCH3 is 1. The summed E-state index contributed by atoms with van der Waals surface area (Å²) in [6.07, 6.45) is 11.6. The van der Waals surface area contributed by atoms with Crippen LogP contribution in [0.2, 0.25) is 0 Å². The number of rotatable bonds is 15. The first-order valence-electron chi connectivity index (χ1n) is 10.5. The lowest BCUT2D eigenvalue weighted by Gasteiger charge is -2.12. The molecule has 0 bridgehead atoms. The van der Waals surface area contributed by atoms with E-state index in [0.717, 1.165) is 43.7 Å². The lowest BCUT2D eigenvalue weighted by molar-refractivity contribution is 0.195. The summed E-state index contributed by atoms with van der Waals surface area (Å²) in [7, 11) is 3.70. The van der Waals surface area contributed by atoms with Gasteiger partial charge in [0.1, 0.15) is 12.4 Å². The predicted molar refractivity (Wildman–Crippen MR) is 112 cm³/mol. The van der Waals surface area contributed by atoms with Gasteiger partial charge in [-0.15, -0.1) is 10.2 Å². The molecule has 1 heterocycles. The Morgan fingerprint density at radius 3 is 2.19 bits per heavy atom. The molecule has 0 aliphatic rings. The van der Waals surface area contributed by atoms with Crippen molar-refractivity contribution in [2.45, 2.75) is 78.2 Å². The van der Waals surface area contributed by atoms with E-state index >= 15 is 0 Å². The second-order valence-electron chi connectivity index (χ2n) is 7.06. The van der Waals surface area contributed by atoms with E-state index in [1.54, 1.807) is 7.11 Å². The largest absolute Gasteiger partial charge is 0.385 e. The van der Waals surface area contributed by atoms with Gasteiger partial charge in [0.2, 0.25) is 0 Å². The lowest BCUT2D eigenvalue weighted by Crippen LogP contribution is -2.38. The molecule has 156 valence electrons. The second-order valence-corrected chi connectivity index (χ2v) is 7.06. The minimum Gasteiger partial charge on any atom is -0.385 e. The zero-order valence-electron chi connectivity index (χ0n) is 17.9. The van der Waals surface area contributed by atoms with E-state index in [-0.39, 0.29) is 0 Å². The third-order valence-corrected chi connectivity index (χ3v) is 4.70. The van der Waals surface area contributed by atoms with E-state index in [2.05, 4.69) is 32.7 Å². The van der Waals surface area contributed by atoms with Gasteiger partial charge in [-0.05, 0) is 19.8 Å². The van der Waals surface area contributed by atoms with E-state index in [1.807, 2.05) is 18.5 Å². The standard InChI is InChI=1S/C20H40N6O/c1-5-6-7-8-9-10-11-12-14-21-20(22-15-13-16-27-4)23-17-19-25-24-18(2)26(19)3/h5-17H2,1-4H3,(H2,21,22,23). The molecular formula is C20H40N6O. The lowest BCUT2D eigenvalue weighted by atomic mass is 10.1. The van der Waals surface area contributed by atoms with E-state index in [1.165, 1.54) is 51.4 Å². The van der Waals surface area contributed by atoms with Gasteiger partial charge in [0.15, 0.2) is 11.8 Å². The van der Waals surface area contributed by atoms with Crippen molar-refractivity contribution in [1.82, 2.24) is 25.4 Å². The SMILES string of the molecule is CCCCCCCCCCNC(=NCc1nnc(C)n1C)NCCCOC. The summed E-state index contributed by atoms with van der Waals surface area (Å²) in [6, 6.07) is 0. The topological polar surface area (TPSA) is 76.4 Å². The molecule has 1 aromatic rings. The number of unbranched alkanes of at least 4 members (excludes halogenated alkanes) is 7. The maximum absolute atomic E-state index is 5.11. The maximum atomic E-state index is 5.11. The molecule has 0 aromatic carbocycles. The zero-order chi connectivity index (χ0) is 19.7. The van der Waals surface area contributed by atoms with Gasteiger partial charge in [-0.3, -0.25) is 0 Å². The third kappa shape index (κ3) is 11.0. The first kappa shape index (κ1) is 23.4. The molecule has 0 saturated heterocycles. The number of aryl methyl sites for hydroxylation is 1. The molecule has 7 heteroatoms. The Balaban J connectivity index is 2.31. The quantitative estimate of drug-likeness (QED) is 0.277. The van der Waals surface area contributed by atoms with Crippen LogP contribution in [0.5, 0.6) is 0 Å². The zero-order valence-corrected chi connectivity index (χ0v) is 17.9. The Hall–Kier alpha value is -1.63. The van der Waals surface area contributed by atoms with Gasteiger partial charge < -0.3 is 19.9 Å². The van der Waals surface area contributed by atoms with Crippen LogP contribution in [0.1, 0.15) is 76.4 Å². The van der Waals surface area contributed by atoms with Crippen molar-refractivity contribution in [3.63, 3.8) is 0 Å². The van der Waals surface area contributed by atoms with Crippen molar-refractivity contribution in [2.24, 2.45) is 12.0 Å². The number of ether oxygens (including phenoxy) is 1. The molecule has 7 nitrogen and oxygen atoms in total. The Morgan fingerprint density at radius 1 is 0.963 bits per heavy atom. The molecular weight excluding hydrogens is 340 g/mol. The van der Waals surface area contributed by atoms with Crippen molar-refractivity contribution in [3.05, 3.63) is 11.6 Å². The first-order chi connectivity index (χ1) is 13.2. The Morgan fingerprint density at radius 2 is 1.59 bits per heavy atom. The van der Waals surface area contributed by atoms with Crippen LogP contribution in [-0.2, 0) is 18.3 Å². The van der Waals surface area contributed by atoms with Crippen LogP contribution in [0.3, 0.4) is 0 Å². The van der Waals surface area contributed by atoms with Gasteiger partial charge in [0, 0.05) is 33.9 Å². The van der Waals surface area contributed by atoms with Crippen molar-refractivity contribution in [3.8, 4) is 0 Å². The highest BCUT2D eigenvalue weighted by Crippen LogP contribution is 2.07. The summed E-state index contributed by atoms with van der Waals surface area (Å²) < 4.78 is 7.09. The van der Waals surface area contributed by atoms with Gasteiger partial charge in [-0.1, -0.05) is 51.9 Å². The van der Waals surface area contributed by atoms with Gasteiger partial charge >= 0.3 is 0 Å². The molecule has 1 aromatic heterocycles. The molecule has 0 amide bonds. The van der Waals surface area contributed by atoms with Crippen LogP contribution >= 0.6 is 0 Å². The average Bonchev–Trinajstić information content (AvgIpc) is 2.99. The van der Waals surface area contributed by atoms with Crippen LogP contribution in [-0.4, -0.2) is 47.5 Å². The summed E-state index contributed by atoms with van der Waals surface area (Å²) in [5.74, 6) is 2.62. The highest BCUT2D eigenvalue weighted by atomic mass is 16.5. The highest BCUT2D eigenvalue weighted by Gasteiger charge is 2.05. The molecule has 27 heavy (non-hydrogen) atoms. The number of hydrogen-bond acceptors (Lipinski definition) is 4. The molecule has 0 atom stereocenters. The van der Waals surface area contributed by atoms with Crippen molar-refractivity contribution >= 4 is 5.96 Å². The van der Waals surface area contributed by atoms with Crippen molar-refractivity contribution in [2.75, 3.05) is 26.8 Å². The molecule has 2 N–H and O–H groups in total. The number of aliphatic imine (C=N–C) groups is 1. The van der Waals surface area contributed by atoms with E-state index in [4.69, 9.17) is 4.74 Å². The van der Waals surface area contributed by atoms with E-state index in [0.29, 0.717) is 6.54 Å². The normalized spacial score (nSPS) is 11.8. The molecule has 0 unspecified atom stereocenters.